The average Bonchev–Trinajstić information content (AvgIpc) is 3.28. The molecule has 180 valence electrons. The van der Waals surface area contributed by atoms with Crippen molar-refractivity contribution in [2.24, 2.45) is 5.92 Å². The fourth-order valence-electron chi connectivity index (χ4n) is 5.07. The number of H-pyrrole nitrogens is 1. The van der Waals surface area contributed by atoms with Crippen LogP contribution in [0.1, 0.15) is 43.6 Å². The molecule has 7 heteroatoms. The van der Waals surface area contributed by atoms with Crippen molar-refractivity contribution in [2.75, 3.05) is 6.26 Å². The molecule has 6 nitrogen and oxygen atoms in total. The Morgan fingerprint density at radius 2 is 1.51 bits per heavy atom. The lowest BCUT2D eigenvalue weighted by atomic mass is 9.77. The fourth-order valence-corrected chi connectivity index (χ4v) is 5.72. The van der Waals surface area contributed by atoms with Gasteiger partial charge >= 0.3 is 5.97 Å². The summed E-state index contributed by atoms with van der Waals surface area (Å²) < 4.78 is 23.7. The van der Waals surface area contributed by atoms with E-state index >= 15 is 0 Å². The molecule has 1 aliphatic rings. The van der Waals surface area contributed by atoms with Gasteiger partial charge in [0.25, 0.3) is 0 Å². The van der Waals surface area contributed by atoms with Crippen LogP contribution in [0, 0.1) is 5.92 Å². The third-order valence-electron chi connectivity index (χ3n) is 7.07. The van der Waals surface area contributed by atoms with Gasteiger partial charge in [0.1, 0.15) is 5.82 Å². The zero-order valence-corrected chi connectivity index (χ0v) is 20.4. The molecule has 3 aromatic carbocycles. The first kappa shape index (κ1) is 23.3. The molecule has 0 atom stereocenters. The normalized spacial score (nSPS) is 18.5. The van der Waals surface area contributed by atoms with Crippen molar-refractivity contribution in [2.45, 2.75) is 42.9 Å². The molecule has 1 fully saturated rings. The Bertz CT molecular complexity index is 1460. The smallest absolute Gasteiger partial charge is 0.303 e. The quantitative estimate of drug-likeness (QED) is 0.344. The number of benzene rings is 3. The number of carboxylic acid groups (broad SMARTS) is 1. The molecule has 2 N–H and O–H groups in total. The first-order valence-corrected chi connectivity index (χ1v) is 13.8. The minimum atomic E-state index is -3.27. The summed E-state index contributed by atoms with van der Waals surface area (Å²) in [5.74, 6) is 0.832. The number of hydrogen-bond acceptors (Lipinski definition) is 4. The number of fused-ring (bicyclic) bond motifs is 1. The summed E-state index contributed by atoms with van der Waals surface area (Å²) in [7, 11) is -3.27. The molecule has 1 saturated carbocycles. The topological polar surface area (TPSA) is 100 Å². The van der Waals surface area contributed by atoms with Crippen molar-refractivity contribution in [1.29, 1.82) is 0 Å². The maximum Gasteiger partial charge on any atom is 0.303 e. The molecule has 0 saturated heterocycles. The second-order valence-corrected chi connectivity index (χ2v) is 11.6. The number of nitrogens with zero attached hydrogens (tertiary/aromatic N) is 1. The number of aromatic nitrogens is 2. The highest BCUT2D eigenvalue weighted by atomic mass is 32.2. The Kier molecular flexibility index (Phi) is 6.19. The first-order valence-electron chi connectivity index (χ1n) is 11.9. The lowest BCUT2D eigenvalue weighted by Gasteiger charge is -2.28. The van der Waals surface area contributed by atoms with E-state index in [0.717, 1.165) is 47.9 Å². The minimum Gasteiger partial charge on any atom is -0.481 e. The number of nitrogens with one attached hydrogen (secondary N) is 1. The molecular formula is C28H28N2O4S. The summed E-state index contributed by atoms with van der Waals surface area (Å²) in [6, 6.07) is 21.8. The molecule has 0 amide bonds. The number of carbonyl (C=O) groups is 1. The highest BCUT2D eigenvalue weighted by Gasteiger charge is 2.24. The first-order chi connectivity index (χ1) is 16.8. The van der Waals surface area contributed by atoms with Crippen molar-refractivity contribution in [3.8, 4) is 22.5 Å². The van der Waals surface area contributed by atoms with Crippen molar-refractivity contribution in [3.05, 3.63) is 72.3 Å². The standard InChI is InChI=1S/C28H28N2O4S/c1-35(33,34)24-14-15-25-26(17-24)30-28(29-25)23-12-10-22(11-13-23)21-8-6-20(7-9-21)19-4-2-18(3-5-19)16-27(31)32/h6-15,17-19H,2-5,16H2,1H3,(H,29,30)(H,31,32). The van der Waals surface area contributed by atoms with Gasteiger partial charge in [0.05, 0.1) is 15.9 Å². The summed E-state index contributed by atoms with van der Waals surface area (Å²) in [4.78, 5) is 19.1. The van der Waals surface area contributed by atoms with Crippen molar-refractivity contribution < 1.29 is 18.3 Å². The van der Waals surface area contributed by atoms with Crippen LogP contribution in [0.4, 0.5) is 0 Å². The number of hydrogen-bond donors (Lipinski definition) is 2. The molecule has 1 aromatic heterocycles. The van der Waals surface area contributed by atoms with Gasteiger partial charge < -0.3 is 10.1 Å². The number of aliphatic carboxylic acids is 1. The molecule has 0 aliphatic heterocycles. The molecule has 1 aliphatic carbocycles. The molecule has 35 heavy (non-hydrogen) atoms. The molecule has 0 radical (unpaired) electrons. The maximum atomic E-state index is 11.8. The Labute approximate surface area is 205 Å². The van der Waals surface area contributed by atoms with Crippen LogP contribution in [0.3, 0.4) is 0 Å². The zero-order valence-electron chi connectivity index (χ0n) is 19.6. The number of imidazole rings is 1. The third-order valence-corrected chi connectivity index (χ3v) is 8.18. The van der Waals surface area contributed by atoms with Crippen LogP contribution in [0.25, 0.3) is 33.5 Å². The predicted molar refractivity (Wildman–Crippen MR) is 137 cm³/mol. The molecule has 0 bridgehead atoms. The lowest BCUT2D eigenvalue weighted by molar-refractivity contribution is -0.138. The van der Waals surface area contributed by atoms with E-state index in [0.29, 0.717) is 23.2 Å². The highest BCUT2D eigenvalue weighted by Crippen LogP contribution is 2.37. The number of rotatable bonds is 6. The van der Waals surface area contributed by atoms with Gasteiger partial charge in [0, 0.05) is 18.2 Å². The molecule has 0 unspecified atom stereocenters. The Morgan fingerprint density at radius 1 is 0.914 bits per heavy atom. The van der Waals surface area contributed by atoms with Gasteiger partial charge in [-0.15, -0.1) is 0 Å². The zero-order chi connectivity index (χ0) is 24.6. The molecule has 1 heterocycles. The Hall–Kier alpha value is -3.45. The van der Waals surface area contributed by atoms with E-state index in [1.54, 1.807) is 18.2 Å². The van der Waals surface area contributed by atoms with E-state index in [4.69, 9.17) is 5.11 Å². The van der Waals surface area contributed by atoms with E-state index in [-0.39, 0.29) is 11.3 Å². The lowest BCUT2D eigenvalue weighted by Crippen LogP contribution is -2.16. The monoisotopic (exact) mass is 488 g/mol. The fraction of sp³-hybridized carbons (Fsp3) is 0.286. The number of aromatic amines is 1. The van der Waals surface area contributed by atoms with Crippen LogP contribution >= 0.6 is 0 Å². The van der Waals surface area contributed by atoms with Crippen LogP contribution in [-0.4, -0.2) is 35.7 Å². The highest BCUT2D eigenvalue weighted by molar-refractivity contribution is 7.90. The van der Waals surface area contributed by atoms with E-state index in [1.165, 1.54) is 11.8 Å². The third kappa shape index (κ3) is 5.15. The SMILES string of the molecule is CS(=O)(=O)c1ccc2nc(-c3ccc(-c4ccc(C5CCC(CC(=O)O)CC5)cc4)cc3)[nH]c2c1. The van der Waals surface area contributed by atoms with E-state index in [2.05, 4.69) is 46.4 Å². The van der Waals surface area contributed by atoms with Crippen molar-refractivity contribution in [1.82, 2.24) is 9.97 Å². The van der Waals surface area contributed by atoms with Crippen LogP contribution in [0.2, 0.25) is 0 Å². The molecule has 0 spiro atoms. The second-order valence-electron chi connectivity index (χ2n) is 9.55. The van der Waals surface area contributed by atoms with Gasteiger partial charge in [0.2, 0.25) is 0 Å². The van der Waals surface area contributed by atoms with Crippen molar-refractivity contribution >= 4 is 26.8 Å². The second kappa shape index (κ2) is 9.30. The Morgan fingerprint density at radius 3 is 2.11 bits per heavy atom. The van der Waals surface area contributed by atoms with E-state index < -0.39 is 15.8 Å². The van der Waals surface area contributed by atoms with Gasteiger partial charge in [-0.3, -0.25) is 4.79 Å². The largest absolute Gasteiger partial charge is 0.481 e. The minimum absolute atomic E-state index is 0.271. The van der Waals surface area contributed by atoms with Gasteiger partial charge in [-0.1, -0.05) is 48.5 Å². The predicted octanol–water partition coefficient (Wildman–Crippen LogP) is 6.05. The van der Waals surface area contributed by atoms with Gasteiger partial charge in [-0.25, -0.2) is 13.4 Å². The van der Waals surface area contributed by atoms with Crippen LogP contribution < -0.4 is 0 Å². The summed E-state index contributed by atoms with van der Waals surface area (Å²) in [5.41, 5.74) is 5.93. The van der Waals surface area contributed by atoms with Gasteiger partial charge in [-0.05, 0) is 72.4 Å². The average molecular weight is 489 g/mol. The van der Waals surface area contributed by atoms with Crippen LogP contribution in [0.15, 0.2) is 71.6 Å². The molecule has 5 rings (SSSR count). The van der Waals surface area contributed by atoms with Gasteiger partial charge in [0.15, 0.2) is 9.84 Å². The number of carboxylic acids is 1. The maximum absolute atomic E-state index is 11.8. The van der Waals surface area contributed by atoms with Crippen LogP contribution in [-0.2, 0) is 14.6 Å². The summed E-state index contributed by atoms with van der Waals surface area (Å²) in [6.07, 6.45) is 5.56. The van der Waals surface area contributed by atoms with Crippen LogP contribution in [0.5, 0.6) is 0 Å². The number of sulfone groups is 1. The molecule has 4 aromatic rings. The van der Waals surface area contributed by atoms with E-state index in [1.807, 2.05) is 12.1 Å². The summed E-state index contributed by atoms with van der Waals surface area (Å²) in [6.45, 7) is 0. The summed E-state index contributed by atoms with van der Waals surface area (Å²) >= 11 is 0. The Balaban J connectivity index is 1.29. The summed E-state index contributed by atoms with van der Waals surface area (Å²) in [5, 5.41) is 9.01. The van der Waals surface area contributed by atoms with Gasteiger partial charge in [-0.2, -0.15) is 0 Å². The molecular weight excluding hydrogens is 460 g/mol. The van der Waals surface area contributed by atoms with E-state index in [9.17, 15) is 13.2 Å². The van der Waals surface area contributed by atoms with Crippen molar-refractivity contribution in [3.63, 3.8) is 0 Å².